The van der Waals surface area contributed by atoms with Crippen molar-refractivity contribution in [3.05, 3.63) is 54.2 Å². The second kappa shape index (κ2) is 5.41. The molecule has 0 unspecified atom stereocenters. The molecule has 6 heteroatoms. The molecule has 0 bridgehead atoms. The second-order valence-corrected chi connectivity index (χ2v) is 5.34. The first-order chi connectivity index (χ1) is 10.1. The summed E-state index contributed by atoms with van der Waals surface area (Å²) in [7, 11) is 0. The molecule has 2 aromatic carbocycles. The van der Waals surface area contributed by atoms with Crippen molar-refractivity contribution in [1.29, 1.82) is 0 Å². The predicted octanol–water partition coefficient (Wildman–Crippen LogP) is 3.06. The molecule has 3 aromatic rings. The van der Waals surface area contributed by atoms with Gasteiger partial charge in [-0.1, -0.05) is 36.0 Å². The summed E-state index contributed by atoms with van der Waals surface area (Å²) < 4.78 is 0. The van der Waals surface area contributed by atoms with Gasteiger partial charge in [-0.05, 0) is 24.3 Å². The molecule has 0 saturated heterocycles. The maximum atomic E-state index is 11.4. The largest absolute Gasteiger partial charge is 0.476 e. The van der Waals surface area contributed by atoms with Crippen LogP contribution in [-0.2, 0) is 0 Å². The van der Waals surface area contributed by atoms with Gasteiger partial charge in [-0.2, -0.15) is 0 Å². The molecule has 0 radical (unpaired) electrons. The van der Waals surface area contributed by atoms with E-state index in [1.54, 1.807) is 24.3 Å². The number of para-hydroxylation sites is 3. The Morgan fingerprint density at radius 3 is 2.29 bits per heavy atom. The number of anilines is 1. The Morgan fingerprint density at radius 1 is 1.00 bits per heavy atom. The number of aromatic nitrogens is 2. The lowest BCUT2D eigenvalue weighted by Gasteiger charge is -2.08. The van der Waals surface area contributed by atoms with Crippen molar-refractivity contribution >= 4 is 34.5 Å². The highest BCUT2D eigenvalue weighted by atomic mass is 32.2. The zero-order valence-corrected chi connectivity index (χ0v) is 11.7. The highest BCUT2D eigenvalue weighted by Crippen LogP contribution is 2.33. The number of rotatable bonds is 3. The van der Waals surface area contributed by atoms with Gasteiger partial charge in [0.25, 0.3) is 0 Å². The van der Waals surface area contributed by atoms with E-state index in [0.717, 1.165) is 4.90 Å². The molecule has 3 rings (SSSR count). The van der Waals surface area contributed by atoms with Gasteiger partial charge in [-0.25, -0.2) is 14.8 Å². The minimum Gasteiger partial charge on any atom is -0.476 e. The number of carboxylic acid groups (broad SMARTS) is 1. The van der Waals surface area contributed by atoms with Crippen molar-refractivity contribution in [2.24, 2.45) is 0 Å². The van der Waals surface area contributed by atoms with Crippen molar-refractivity contribution in [3.63, 3.8) is 0 Å². The van der Waals surface area contributed by atoms with Gasteiger partial charge in [0, 0.05) is 10.6 Å². The third-order valence-corrected chi connectivity index (χ3v) is 3.94. The van der Waals surface area contributed by atoms with E-state index in [-0.39, 0.29) is 5.69 Å². The summed E-state index contributed by atoms with van der Waals surface area (Å²) in [6, 6.07) is 14.4. The van der Waals surface area contributed by atoms with Crippen molar-refractivity contribution < 1.29 is 9.90 Å². The van der Waals surface area contributed by atoms with Crippen LogP contribution in [0.5, 0.6) is 0 Å². The Balaban J connectivity index is 2.14. The number of fused-ring (bicyclic) bond motifs is 1. The first-order valence-corrected chi connectivity index (χ1v) is 6.99. The number of carbonyl (C=O) groups is 1. The van der Waals surface area contributed by atoms with Crippen molar-refractivity contribution in [2.45, 2.75) is 9.92 Å². The highest BCUT2D eigenvalue weighted by molar-refractivity contribution is 7.99. The fraction of sp³-hybridized carbons (Fsp3) is 0. The molecule has 0 saturated carbocycles. The molecule has 5 nitrogen and oxygen atoms in total. The van der Waals surface area contributed by atoms with E-state index in [1.807, 2.05) is 24.3 Å². The molecule has 104 valence electrons. The number of hydrogen-bond donors (Lipinski definition) is 2. The number of hydrogen-bond acceptors (Lipinski definition) is 5. The number of nitrogens with zero attached hydrogens (tertiary/aromatic N) is 2. The average Bonchev–Trinajstić information content (AvgIpc) is 2.48. The lowest BCUT2D eigenvalue weighted by Crippen LogP contribution is -2.05. The Hall–Kier alpha value is -2.60. The van der Waals surface area contributed by atoms with E-state index in [1.165, 1.54) is 11.8 Å². The van der Waals surface area contributed by atoms with Crippen LogP contribution < -0.4 is 5.73 Å². The van der Waals surface area contributed by atoms with Crippen molar-refractivity contribution in [1.82, 2.24) is 9.97 Å². The number of nitrogens with two attached hydrogens (primary N) is 1. The van der Waals surface area contributed by atoms with Crippen molar-refractivity contribution in [2.75, 3.05) is 5.73 Å². The zero-order chi connectivity index (χ0) is 14.8. The van der Waals surface area contributed by atoms with Crippen LogP contribution in [0.1, 0.15) is 10.5 Å². The van der Waals surface area contributed by atoms with Crippen LogP contribution in [0.25, 0.3) is 11.0 Å². The molecule has 21 heavy (non-hydrogen) atoms. The summed E-state index contributed by atoms with van der Waals surface area (Å²) in [5.74, 6) is -1.11. The summed E-state index contributed by atoms with van der Waals surface area (Å²) >= 11 is 1.20. The summed E-state index contributed by atoms with van der Waals surface area (Å²) in [4.78, 5) is 20.7. The van der Waals surface area contributed by atoms with E-state index >= 15 is 0 Å². The van der Waals surface area contributed by atoms with Crippen LogP contribution in [0, 0.1) is 0 Å². The molecule has 0 aliphatic carbocycles. The minimum atomic E-state index is -1.11. The second-order valence-electron chi connectivity index (χ2n) is 4.31. The van der Waals surface area contributed by atoms with Gasteiger partial charge in [-0.15, -0.1) is 0 Å². The molecule has 1 aromatic heterocycles. The van der Waals surface area contributed by atoms with Gasteiger partial charge in [-0.3, -0.25) is 0 Å². The van der Waals surface area contributed by atoms with Gasteiger partial charge in [0.05, 0.1) is 11.0 Å². The van der Waals surface area contributed by atoms with Crippen LogP contribution in [0.15, 0.2) is 58.5 Å². The van der Waals surface area contributed by atoms with Crippen LogP contribution in [0.3, 0.4) is 0 Å². The maximum Gasteiger partial charge on any atom is 0.357 e. The summed E-state index contributed by atoms with van der Waals surface area (Å²) in [6.07, 6.45) is 0. The monoisotopic (exact) mass is 297 g/mol. The molecule has 0 aliphatic heterocycles. The summed E-state index contributed by atoms with van der Waals surface area (Å²) in [5.41, 5.74) is 7.61. The number of carboxylic acids is 1. The minimum absolute atomic E-state index is 0.0676. The molecular weight excluding hydrogens is 286 g/mol. The van der Waals surface area contributed by atoms with Gasteiger partial charge < -0.3 is 10.8 Å². The van der Waals surface area contributed by atoms with Gasteiger partial charge >= 0.3 is 5.97 Å². The quantitative estimate of drug-likeness (QED) is 0.722. The number of nitrogen functional groups attached to an aromatic ring is 1. The van der Waals surface area contributed by atoms with E-state index in [0.29, 0.717) is 21.7 Å². The molecule has 3 N–H and O–H groups in total. The third-order valence-electron chi connectivity index (χ3n) is 2.87. The zero-order valence-electron chi connectivity index (χ0n) is 10.9. The number of aromatic carboxylic acids is 1. The fourth-order valence-corrected chi connectivity index (χ4v) is 2.79. The topological polar surface area (TPSA) is 89.1 Å². The highest BCUT2D eigenvalue weighted by Gasteiger charge is 2.17. The third kappa shape index (κ3) is 2.66. The summed E-state index contributed by atoms with van der Waals surface area (Å²) in [5, 5.41) is 9.66. The first kappa shape index (κ1) is 13.4. The predicted molar refractivity (Wildman–Crippen MR) is 81.5 cm³/mol. The average molecular weight is 297 g/mol. The van der Waals surface area contributed by atoms with Gasteiger partial charge in [0.15, 0.2) is 5.69 Å². The Morgan fingerprint density at radius 2 is 1.62 bits per heavy atom. The smallest absolute Gasteiger partial charge is 0.357 e. The van der Waals surface area contributed by atoms with E-state index < -0.39 is 5.97 Å². The molecule has 0 amide bonds. The molecule has 0 spiro atoms. The van der Waals surface area contributed by atoms with Crippen LogP contribution in [0.2, 0.25) is 0 Å². The molecule has 0 aliphatic rings. The fourth-order valence-electron chi connectivity index (χ4n) is 1.87. The molecular formula is C15H11N3O2S. The van der Waals surface area contributed by atoms with E-state index in [2.05, 4.69) is 9.97 Å². The van der Waals surface area contributed by atoms with Crippen LogP contribution in [0.4, 0.5) is 5.69 Å². The number of benzene rings is 2. The Kier molecular flexibility index (Phi) is 3.45. The van der Waals surface area contributed by atoms with Gasteiger partial charge in [0.1, 0.15) is 5.03 Å². The standard InChI is InChI=1S/C15H11N3O2S/c16-9-5-1-4-8-12(9)21-14-13(15(19)20)17-10-6-2-3-7-11(10)18-14/h1-8H,16H2,(H,19,20). The van der Waals surface area contributed by atoms with Crippen LogP contribution in [-0.4, -0.2) is 21.0 Å². The maximum absolute atomic E-state index is 11.4. The Bertz CT molecular complexity index is 836. The normalized spacial score (nSPS) is 10.7. The van der Waals surface area contributed by atoms with Crippen molar-refractivity contribution in [3.8, 4) is 0 Å². The van der Waals surface area contributed by atoms with Gasteiger partial charge in [0.2, 0.25) is 0 Å². The Labute approximate surface area is 124 Å². The lowest BCUT2D eigenvalue weighted by atomic mass is 10.3. The summed E-state index contributed by atoms with van der Waals surface area (Å²) in [6.45, 7) is 0. The van der Waals surface area contributed by atoms with Crippen LogP contribution >= 0.6 is 11.8 Å². The van der Waals surface area contributed by atoms with E-state index in [4.69, 9.17) is 5.73 Å². The molecule has 0 fully saturated rings. The van der Waals surface area contributed by atoms with E-state index in [9.17, 15) is 9.90 Å². The first-order valence-electron chi connectivity index (χ1n) is 6.17. The SMILES string of the molecule is Nc1ccccc1Sc1nc2ccccc2nc1C(=O)O. The molecule has 1 heterocycles. The lowest BCUT2D eigenvalue weighted by molar-refractivity contribution is 0.0686. The molecule has 0 atom stereocenters.